The van der Waals surface area contributed by atoms with E-state index in [1.807, 2.05) is 0 Å². The van der Waals surface area contributed by atoms with Gasteiger partial charge in [-0.15, -0.1) is 16.7 Å². The summed E-state index contributed by atoms with van der Waals surface area (Å²) in [7, 11) is -15.0. The van der Waals surface area contributed by atoms with Gasteiger partial charge in [0.15, 0.2) is 5.75 Å². The van der Waals surface area contributed by atoms with Gasteiger partial charge in [0.25, 0.3) is 30.4 Å². The van der Waals surface area contributed by atoms with Crippen molar-refractivity contribution >= 4 is 176 Å². The van der Waals surface area contributed by atoms with Crippen molar-refractivity contribution in [3.05, 3.63) is 90.0 Å². The van der Waals surface area contributed by atoms with E-state index in [4.69, 9.17) is 11.6 Å². The summed E-state index contributed by atoms with van der Waals surface area (Å²) in [4.78, 5) is 9.30. The summed E-state index contributed by atoms with van der Waals surface area (Å²) in [6.07, 6.45) is 0. The van der Waals surface area contributed by atoms with Crippen molar-refractivity contribution in [1.29, 1.82) is 0 Å². The number of carbonyl (C=O) groups is 1. The number of phenols is 1. The molecule has 0 aromatic heterocycles. The topological polar surface area (TPSA) is 262 Å². The molecule has 0 saturated heterocycles. The van der Waals surface area contributed by atoms with Crippen LogP contribution in [0.1, 0.15) is 11.1 Å². The van der Waals surface area contributed by atoms with E-state index < -0.39 is 62.4 Å². The number of nitrogens with one attached hydrogen (secondary N) is 1. The van der Waals surface area contributed by atoms with Crippen molar-refractivity contribution < 1.29 is 48.8 Å². The molecule has 23 heteroatoms. The third-order valence-electron chi connectivity index (χ3n) is 7.49. The van der Waals surface area contributed by atoms with Gasteiger partial charge in [-0.1, -0.05) is 24.3 Å². The molecule has 0 aliphatic rings. The summed E-state index contributed by atoms with van der Waals surface area (Å²) in [5.41, 5.74) is -0.137. The molecule has 16 nitrogen and oxygen atoms in total. The van der Waals surface area contributed by atoms with Crippen molar-refractivity contribution in [2.45, 2.75) is 28.5 Å². The maximum Gasteiger partial charge on any atom is 0.295 e. The molecule has 0 fully saturated rings. The van der Waals surface area contributed by atoms with Gasteiger partial charge in [-0.2, -0.15) is 40.6 Å². The largest absolute Gasteiger partial charge is 0.505 e. The van der Waals surface area contributed by atoms with E-state index in [-0.39, 0.29) is 139 Å². The number of rotatable bonds is 10. The summed E-state index contributed by atoms with van der Waals surface area (Å²) < 4.78 is 105. The first-order valence-corrected chi connectivity index (χ1v) is 19.4. The number of hydrogen-bond acceptors (Lipinski definition) is 12. The Morgan fingerprint density at radius 1 is 0.618 bits per heavy atom. The summed E-state index contributed by atoms with van der Waals surface area (Å²) in [5.74, 6) is -1.17. The van der Waals surface area contributed by atoms with E-state index in [2.05, 4.69) is 25.8 Å². The number of fused-ring (bicyclic) bond motifs is 1. The number of aromatic hydroxyl groups is 1. The molecule has 3 radical (unpaired) electrons. The first-order valence-electron chi connectivity index (χ1n) is 14.5. The summed E-state index contributed by atoms with van der Waals surface area (Å²) in [6, 6.07) is 16.9. The van der Waals surface area contributed by atoms with Gasteiger partial charge in [-0.25, -0.2) is 0 Å². The molecule has 0 spiro atoms. The standard InChI is InChI=1S/C32H26ClN5O11S3.3Na/c1-17-11-23(29(51(44,45)46)13-25(17)36-35-20-9-7-19(8-10-20)34-31(39)16-33)24-12-18(2)26(14-30(24)52(47,48)49)37-38-27-15-28(50(41,42)43)21-5-3-4-6-22(21)32(27)40;;;/h3-15,40H,16H2,1-2H3,(H,34,39)(H,41,42,43)(H,44,45,46)(H,47,48,49);;;. The van der Waals surface area contributed by atoms with Gasteiger partial charge in [-0.05, 0) is 79.6 Å². The van der Waals surface area contributed by atoms with Crippen LogP contribution in [0.15, 0.2) is 114 Å². The Kier molecular flexibility index (Phi) is 17.4. The second-order valence-electron chi connectivity index (χ2n) is 11.1. The number of benzene rings is 5. The minimum atomic E-state index is -5.13. The first kappa shape index (κ1) is 49.0. The Hall–Kier alpha value is -2.15. The summed E-state index contributed by atoms with van der Waals surface area (Å²) in [5, 5.41) is 29.3. The molecular weight excluding hydrogens is 831 g/mol. The summed E-state index contributed by atoms with van der Waals surface area (Å²) in [6.45, 7) is 2.94. The fraction of sp³-hybridized carbons (Fsp3) is 0.0938. The molecule has 0 saturated carbocycles. The average molecular weight is 857 g/mol. The number of azo groups is 2. The predicted molar refractivity (Wildman–Crippen MR) is 208 cm³/mol. The van der Waals surface area contributed by atoms with E-state index >= 15 is 0 Å². The normalized spacial score (nSPS) is 11.9. The molecule has 0 aliphatic carbocycles. The first-order chi connectivity index (χ1) is 24.3. The van der Waals surface area contributed by atoms with Crippen LogP contribution in [0.5, 0.6) is 5.75 Å². The number of alkyl halides is 1. The molecule has 0 aliphatic heterocycles. The number of phenolic OH excluding ortho intramolecular Hbond substituents is 1. The van der Waals surface area contributed by atoms with Gasteiger partial charge in [0.2, 0.25) is 5.91 Å². The Morgan fingerprint density at radius 2 is 1.04 bits per heavy atom. The maximum atomic E-state index is 12.7. The van der Waals surface area contributed by atoms with Crippen LogP contribution in [0.4, 0.5) is 28.4 Å². The average Bonchev–Trinajstić information content (AvgIpc) is 3.06. The van der Waals surface area contributed by atoms with Crippen molar-refractivity contribution in [2.75, 3.05) is 11.2 Å². The Balaban J connectivity index is 0.00000348. The van der Waals surface area contributed by atoms with Crippen LogP contribution in [0, 0.1) is 13.8 Å². The number of amides is 1. The smallest absolute Gasteiger partial charge is 0.295 e. The van der Waals surface area contributed by atoms with Crippen LogP contribution in [0.3, 0.4) is 0 Å². The fourth-order valence-corrected chi connectivity index (χ4v) is 7.24. The Bertz CT molecular complexity index is 2680. The molecule has 0 heterocycles. The molecule has 5 N–H and O–H groups in total. The number of hydrogen-bond donors (Lipinski definition) is 5. The molecule has 0 atom stereocenters. The second kappa shape index (κ2) is 19.5. The van der Waals surface area contributed by atoms with E-state index in [0.29, 0.717) is 11.4 Å². The second-order valence-corrected chi connectivity index (χ2v) is 15.5. The van der Waals surface area contributed by atoms with Gasteiger partial charge >= 0.3 is 0 Å². The van der Waals surface area contributed by atoms with Gasteiger partial charge in [0, 0.05) is 116 Å². The van der Waals surface area contributed by atoms with Gasteiger partial charge in [0.05, 0.1) is 17.1 Å². The van der Waals surface area contributed by atoms with Crippen LogP contribution >= 0.6 is 11.6 Å². The molecule has 5 rings (SSSR count). The fourth-order valence-electron chi connectivity index (χ4n) is 5.05. The third-order valence-corrected chi connectivity index (χ3v) is 10.4. The van der Waals surface area contributed by atoms with Gasteiger partial charge < -0.3 is 10.4 Å². The SMILES string of the molecule is Cc1cc(-c2cc(C)c(N=Nc3cc(S(=O)(=O)O)c4ccccc4c3O)cc2S(=O)(=O)O)c(S(=O)(=O)O)cc1N=Nc1ccc(NC(=O)CCl)cc1.[Na].[Na].[Na]. The maximum absolute atomic E-state index is 12.7. The number of carbonyl (C=O) groups excluding carboxylic acids is 1. The van der Waals surface area contributed by atoms with Gasteiger partial charge in [-0.3, -0.25) is 18.5 Å². The van der Waals surface area contributed by atoms with Crippen LogP contribution in [0.2, 0.25) is 0 Å². The Morgan fingerprint density at radius 3 is 1.49 bits per heavy atom. The van der Waals surface area contributed by atoms with Crippen molar-refractivity contribution in [3.8, 4) is 16.9 Å². The molecule has 5 aromatic rings. The van der Waals surface area contributed by atoms with Crippen molar-refractivity contribution in [1.82, 2.24) is 0 Å². The molecule has 55 heavy (non-hydrogen) atoms. The van der Waals surface area contributed by atoms with Crippen LogP contribution in [-0.2, 0) is 35.1 Å². The third kappa shape index (κ3) is 11.7. The van der Waals surface area contributed by atoms with E-state index in [1.165, 1.54) is 68.4 Å². The zero-order valence-electron chi connectivity index (χ0n) is 29.8. The number of halogens is 1. The number of nitrogens with zero attached hydrogens (tertiary/aromatic N) is 4. The predicted octanol–water partition coefficient (Wildman–Crippen LogP) is 6.44. The molecule has 273 valence electrons. The van der Waals surface area contributed by atoms with Crippen LogP contribution in [-0.4, -0.2) is 144 Å². The quantitative estimate of drug-likeness (QED) is 0.0442. The molecular formula is C32H26ClN5Na3O11S3. The van der Waals surface area contributed by atoms with E-state index in [1.54, 1.807) is 0 Å². The Labute approximate surface area is 387 Å². The van der Waals surface area contributed by atoms with E-state index in [9.17, 15) is 48.8 Å². The van der Waals surface area contributed by atoms with Gasteiger partial charge in [0.1, 0.15) is 26.3 Å². The molecule has 0 bridgehead atoms. The zero-order chi connectivity index (χ0) is 38.2. The van der Waals surface area contributed by atoms with E-state index in [0.717, 1.165) is 24.3 Å². The monoisotopic (exact) mass is 856 g/mol. The van der Waals surface area contributed by atoms with Crippen LogP contribution in [0.25, 0.3) is 21.9 Å². The molecule has 5 aromatic carbocycles. The number of aryl methyl sites for hydroxylation is 2. The minimum Gasteiger partial charge on any atom is -0.505 e. The zero-order valence-corrected chi connectivity index (χ0v) is 39.0. The van der Waals surface area contributed by atoms with Crippen molar-refractivity contribution in [2.24, 2.45) is 20.5 Å². The molecule has 0 unspecified atom stereocenters. The van der Waals surface area contributed by atoms with Crippen molar-refractivity contribution in [3.63, 3.8) is 0 Å². The van der Waals surface area contributed by atoms with Crippen LogP contribution < -0.4 is 5.32 Å². The minimum absolute atomic E-state index is 0. The number of anilines is 1. The summed E-state index contributed by atoms with van der Waals surface area (Å²) >= 11 is 5.49. The molecule has 1 amide bonds.